The van der Waals surface area contributed by atoms with Crippen LogP contribution in [0.3, 0.4) is 0 Å². The van der Waals surface area contributed by atoms with Gasteiger partial charge in [0.2, 0.25) is 0 Å². The minimum absolute atomic E-state index is 0.138. The van der Waals surface area contributed by atoms with Crippen LogP contribution < -0.4 is 9.47 Å². The van der Waals surface area contributed by atoms with Crippen LogP contribution in [0.15, 0.2) is 12.1 Å². The molecule has 1 aromatic rings. The monoisotopic (exact) mass is 210 g/mol. The number of halogens is 1. The van der Waals surface area contributed by atoms with E-state index in [1.54, 1.807) is 12.1 Å². The highest BCUT2D eigenvalue weighted by molar-refractivity contribution is 5.48. The highest BCUT2D eigenvalue weighted by Gasteiger charge is 2.45. The Morgan fingerprint density at radius 1 is 1.20 bits per heavy atom. The van der Waals surface area contributed by atoms with Gasteiger partial charge in [-0.05, 0) is 25.0 Å². The molecular weight excluding hydrogens is 199 g/mol. The van der Waals surface area contributed by atoms with Gasteiger partial charge in [0.25, 0.3) is 0 Å². The maximum absolute atomic E-state index is 13.9. The second kappa shape index (κ2) is 2.85. The number of aliphatic hydroxyl groups is 1. The van der Waals surface area contributed by atoms with Gasteiger partial charge in [0.15, 0.2) is 17.3 Å². The number of fused-ring (bicyclic) bond motifs is 1. The summed E-state index contributed by atoms with van der Waals surface area (Å²) in [5.74, 6) is 0.0815. The van der Waals surface area contributed by atoms with Crippen molar-refractivity contribution in [2.45, 2.75) is 18.4 Å². The zero-order chi connectivity index (χ0) is 10.5. The quantitative estimate of drug-likeness (QED) is 0.764. The molecule has 1 aliphatic carbocycles. The SMILES string of the molecule is OC1(c2ccc3c(c2F)OCCO3)CC1. The normalized spacial score (nSPS) is 21.2. The van der Waals surface area contributed by atoms with Gasteiger partial charge < -0.3 is 14.6 Å². The molecule has 0 amide bonds. The molecule has 0 atom stereocenters. The molecule has 0 unspecified atom stereocenters. The predicted octanol–water partition coefficient (Wildman–Crippen LogP) is 1.58. The fourth-order valence-electron chi connectivity index (χ4n) is 1.83. The van der Waals surface area contributed by atoms with E-state index in [1.165, 1.54) is 0 Å². The van der Waals surface area contributed by atoms with E-state index in [1.807, 2.05) is 0 Å². The van der Waals surface area contributed by atoms with E-state index in [0.29, 0.717) is 37.4 Å². The van der Waals surface area contributed by atoms with Crippen molar-refractivity contribution in [3.63, 3.8) is 0 Å². The van der Waals surface area contributed by atoms with E-state index in [2.05, 4.69) is 0 Å². The molecule has 1 aliphatic heterocycles. The first-order valence-corrected chi connectivity index (χ1v) is 5.02. The fourth-order valence-corrected chi connectivity index (χ4v) is 1.83. The van der Waals surface area contributed by atoms with E-state index in [9.17, 15) is 9.50 Å². The first kappa shape index (κ1) is 8.97. The third kappa shape index (κ3) is 1.28. The maximum Gasteiger partial charge on any atom is 0.197 e. The van der Waals surface area contributed by atoms with Crippen LogP contribution in [0.1, 0.15) is 18.4 Å². The van der Waals surface area contributed by atoms with Crippen molar-refractivity contribution >= 4 is 0 Å². The van der Waals surface area contributed by atoms with Crippen molar-refractivity contribution in [3.05, 3.63) is 23.5 Å². The van der Waals surface area contributed by atoms with Crippen LogP contribution in [0, 0.1) is 5.82 Å². The van der Waals surface area contributed by atoms with Crippen molar-refractivity contribution in [2.24, 2.45) is 0 Å². The molecule has 3 nitrogen and oxygen atoms in total. The van der Waals surface area contributed by atoms with Gasteiger partial charge in [-0.2, -0.15) is 0 Å². The average Bonchev–Trinajstić information content (AvgIpc) is 2.98. The molecule has 0 aromatic heterocycles. The van der Waals surface area contributed by atoms with E-state index >= 15 is 0 Å². The fraction of sp³-hybridized carbons (Fsp3) is 0.455. The lowest BCUT2D eigenvalue weighted by molar-refractivity contribution is 0.138. The second-order valence-electron chi connectivity index (χ2n) is 3.98. The Bertz CT molecular complexity index is 413. The second-order valence-corrected chi connectivity index (χ2v) is 3.98. The van der Waals surface area contributed by atoms with Gasteiger partial charge in [-0.3, -0.25) is 0 Å². The first-order valence-electron chi connectivity index (χ1n) is 5.02. The van der Waals surface area contributed by atoms with E-state index in [-0.39, 0.29) is 5.75 Å². The molecule has 1 fully saturated rings. The van der Waals surface area contributed by atoms with Gasteiger partial charge in [0.1, 0.15) is 13.2 Å². The molecule has 0 bridgehead atoms. The van der Waals surface area contributed by atoms with Crippen molar-refractivity contribution in [1.29, 1.82) is 0 Å². The Labute approximate surface area is 86.4 Å². The standard InChI is InChI=1S/C11H11FO3/c12-9-7(11(13)3-4-11)1-2-8-10(9)15-6-5-14-8/h1-2,13H,3-6H2. The molecule has 0 saturated heterocycles. The molecule has 1 N–H and O–H groups in total. The van der Waals surface area contributed by atoms with Crippen LogP contribution >= 0.6 is 0 Å². The molecule has 1 aromatic carbocycles. The number of hydrogen-bond acceptors (Lipinski definition) is 3. The van der Waals surface area contributed by atoms with Gasteiger partial charge in [0.05, 0.1) is 5.60 Å². The first-order chi connectivity index (χ1) is 7.21. The van der Waals surface area contributed by atoms with Crippen LogP contribution in [0.4, 0.5) is 4.39 Å². The van der Waals surface area contributed by atoms with Crippen molar-refractivity contribution in [1.82, 2.24) is 0 Å². The summed E-state index contributed by atoms with van der Waals surface area (Å²) in [6.45, 7) is 0.794. The van der Waals surface area contributed by atoms with Crippen LogP contribution in [0.5, 0.6) is 11.5 Å². The summed E-state index contributed by atoms with van der Waals surface area (Å²) in [7, 11) is 0. The molecule has 80 valence electrons. The van der Waals surface area contributed by atoms with Gasteiger partial charge in [-0.25, -0.2) is 4.39 Å². The molecule has 0 spiro atoms. The number of rotatable bonds is 1. The summed E-state index contributed by atoms with van der Waals surface area (Å²) in [6.07, 6.45) is 1.23. The summed E-state index contributed by atoms with van der Waals surface area (Å²) in [5.41, 5.74) is -0.647. The topological polar surface area (TPSA) is 38.7 Å². The predicted molar refractivity (Wildman–Crippen MR) is 50.5 cm³/mol. The molecule has 1 saturated carbocycles. The summed E-state index contributed by atoms with van der Waals surface area (Å²) in [6, 6.07) is 3.24. The summed E-state index contributed by atoms with van der Waals surface area (Å²) < 4.78 is 24.4. The molecule has 0 radical (unpaired) electrons. The Morgan fingerprint density at radius 3 is 2.67 bits per heavy atom. The number of hydrogen-bond donors (Lipinski definition) is 1. The number of ether oxygens (including phenoxy) is 2. The molecule has 1 heterocycles. The average molecular weight is 210 g/mol. The van der Waals surface area contributed by atoms with E-state index in [4.69, 9.17) is 9.47 Å². The zero-order valence-electron chi connectivity index (χ0n) is 8.12. The van der Waals surface area contributed by atoms with Crippen LogP contribution in [-0.2, 0) is 5.60 Å². The Hall–Kier alpha value is -1.29. The Kier molecular flexibility index (Phi) is 1.71. The Balaban J connectivity index is 2.11. The summed E-state index contributed by atoms with van der Waals surface area (Å²) in [5, 5.41) is 9.85. The van der Waals surface area contributed by atoms with Crippen molar-refractivity contribution in [2.75, 3.05) is 13.2 Å². The third-order valence-electron chi connectivity index (χ3n) is 2.87. The largest absolute Gasteiger partial charge is 0.486 e. The molecule has 2 aliphatic rings. The summed E-state index contributed by atoms with van der Waals surface area (Å²) in [4.78, 5) is 0. The minimum Gasteiger partial charge on any atom is -0.486 e. The third-order valence-corrected chi connectivity index (χ3v) is 2.87. The summed E-state index contributed by atoms with van der Waals surface area (Å²) >= 11 is 0. The molecular formula is C11H11FO3. The molecule has 3 rings (SSSR count). The lowest BCUT2D eigenvalue weighted by Crippen LogP contribution is -2.18. The molecule has 4 heteroatoms. The lowest BCUT2D eigenvalue weighted by Gasteiger charge is -2.21. The van der Waals surface area contributed by atoms with Gasteiger partial charge in [-0.15, -0.1) is 0 Å². The Morgan fingerprint density at radius 2 is 1.93 bits per heavy atom. The lowest BCUT2D eigenvalue weighted by atomic mass is 10.1. The number of benzene rings is 1. The van der Waals surface area contributed by atoms with Crippen molar-refractivity contribution in [3.8, 4) is 11.5 Å². The van der Waals surface area contributed by atoms with E-state index in [0.717, 1.165) is 0 Å². The van der Waals surface area contributed by atoms with Gasteiger partial charge >= 0.3 is 0 Å². The minimum atomic E-state index is -0.972. The zero-order valence-corrected chi connectivity index (χ0v) is 8.12. The van der Waals surface area contributed by atoms with Crippen LogP contribution in [0.25, 0.3) is 0 Å². The smallest absolute Gasteiger partial charge is 0.197 e. The van der Waals surface area contributed by atoms with Gasteiger partial charge in [-0.1, -0.05) is 0 Å². The molecule has 15 heavy (non-hydrogen) atoms. The van der Waals surface area contributed by atoms with Gasteiger partial charge in [0, 0.05) is 5.56 Å². The van der Waals surface area contributed by atoms with Crippen LogP contribution in [-0.4, -0.2) is 18.3 Å². The van der Waals surface area contributed by atoms with Crippen molar-refractivity contribution < 1.29 is 19.0 Å². The highest BCUT2D eigenvalue weighted by atomic mass is 19.1. The highest BCUT2D eigenvalue weighted by Crippen LogP contribution is 2.49. The maximum atomic E-state index is 13.9. The van der Waals surface area contributed by atoms with E-state index < -0.39 is 11.4 Å². The van der Waals surface area contributed by atoms with Crippen LogP contribution in [0.2, 0.25) is 0 Å².